The SMILES string of the molecule is COc1ccccc1NC(=O)C1(C(=O)N2CCN(C)CC2)CC1. The van der Waals surface area contributed by atoms with Gasteiger partial charge in [0.2, 0.25) is 11.8 Å². The summed E-state index contributed by atoms with van der Waals surface area (Å²) < 4.78 is 5.25. The maximum absolute atomic E-state index is 12.8. The number of piperazine rings is 1. The van der Waals surface area contributed by atoms with Crippen LogP contribution in [0.25, 0.3) is 0 Å². The Bertz CT molecular complexity index is 605. The van der Waals surface area contributed by atoms with Crippen molar-refractivity contribution in [3.63, 3.8) is 0 Å². The van der Waals surface area contributed by atoms with Gasteiger partial charge in [0.15, 0.2) is 0 Å². The second kappa shape index (κ2) is 6.20. The zero-order valence-corrected chi connectivity index (χ0v) is 13.7. The molecule has 6 heteroatoms. The Kier molecular flexibility index (Phi) is 4.26. The molecule has 1 aromatic rings. The molecule has 1 aliphatic heterocycles. The molecule has 0 radical (unpaired) electrons. The molecule has 0 aromatic heterocycles. The Morgan fingerprint density at radius 2 is 1.78 bits per heavy atom. The highest BCUT2D eigenvalue weighted by Crippen LogP contribution is 2.48. The molecule has 0 spiro atoms. The molecular formula is C17H23N3O3. The minimum Gasteiger partial charge on any atom is -0.495 e. The van der Waals surface area contributed by atoms with Gasteiger partial charge in [0, 0.05) is 26.2 Å². The van der Waals surface area contributed by atoms with Crippen LogP contribution in [-0.4, -0.2) is 62.0 Å². The van der Waals surface area contributed by atoms with Crippen LogP contribution in [0.1, 0.15) is 12.8 Å². The molecule has 2 fully saturated rings. The largest absolute Gasteiger partial charge is 0.495 e. The van der Waals surface area contributed by atoms with Gasteiger partial charge in [0.1, 0.15) is 11.2 Å². The first-order chi connectivity index (χ1) is 11.1. The van der Waals surface area contributed by atoms with Crippen LogP contribution in [0.15, 0.2) is 24.3 Å². The van der Waals surface area contributed by atoms with Crippen molar-refractivity contribution in [2.24, 2.45) is 5.41 Å². The first kappa shape index (κ1) is 15.8. The number of carbonyl (C=O) groups is 2. The normalized spacial score (nSPS) is 20.0. The van der Waals surface area contributed by atoms with E-state index in [1.54, 1.807) is 19.2 Å². The number of carbonyl (C=O) groups excluding carboxylic acids is 2. The third kappa shape index (κ3) is 3.03. The Hall–Kier alpha value is -2.08. The van der Waals surface area contributed by atoms with Gasteiger partial charge < -0.3 is 19.9 Å². The summed E-state index contributed by atoms with van der Waals surface area (Å²) in [4.78, 5) is 29.5. The van der Waals surface area contributed by atoms with Crippen LogP contribution in [0.4, 0.5) is 5.69 Å². The number of methoxy groups -OCH3 is 1. The first-order valence-electron chi connectivity index (χ1n) is 7.99. The highest BCUT2D eigenvalue weighted by molar-refractivity contribution is 6.13. The van der Waals surface area contributed by atoms with Crippen molar-refractivity contribution in [3.05, 3.63) is 24.3 Å². The fraction of sp³-hybridized carbons (Fsp3) is 0.529. The van der Waals surface area contributed by atoms with E-state index in [1.165, 1.54) is 0 Å². The molecule has 0 bridgehead atoms. The summed E-state index contributed by atoms with van der Waals surface area (Å²) in [5.74, 6) is 0.354. The Balaban J connectivity index is 1.70. The van der Waals surface area contributed by atoms with E-state index in [2.05, 4.69) is 10.2 Å². The zero-order chi connectivity index (χ0) is 16.4. The zero-order valence-electron chi connectivity index (χ0n) is 13.7. The van der Waals surface area contributed by atoms with Crippen molar-refractivity contribution < 1.29 is 14.3 Å². The number of nitrogens with one attached hydrogen (secondary N) is 1. The van der Waals surface area contributed by atoms with Crippen LogP contribution in [0.5, 0.6) is 5.75 Å². The van der Waals surface area contributed by atoms with E-state index < -0.39 is 5.41 Å². The smallest absolute Gasteiger partial charge is 0.240 e. The lowest BCUT2D eigenvalue weighted by atomic mass is 10.0. The molecule has 3 rings (SSSR count). The van der Waals surface area contributed by atoms with Gasteiger partial charge in [-0.05, 0) is 32.0 Å². The molecule has 1 saturated heterocycles. The van der Waals surface area contributed by atoms with Gasteiger partial charge >= 0.3 is 0 Å². The molecule has 1 N–H and O–H groups in total. The van der Waals surface area contributed by atoms with Crippen LogP contribution in [-0.2, 0) is 9.59 Å². The summed E-state index contributed by atoms with van der Waals surface area (Å²) in [7, 11) is 3.61. The highest BCUT2D eigenvalue weighted by Gasteiger charge is 2.58. The van der Waals surface area contributed by atoms with Gasteiger partial charge in [-0.2, -0.15) is 0 Å². The fourth-order valence-electron chi connectivity index (χ4n) is 2.97. The van der Waals surface area contributed by atoms with Crippen LogP contribution < -0.4 is 10.1 Å². The lowest BCUT2D eigenvalue weighted by molar-refractivity contribution is -0.143. The summed E-state index contributed by atoms with van der Waals surface area (Å²) in [6.07, 6.45) is 1.25. The number of rotatable bonds is 4. The predicted octanol–water partition coefficient (Wildman–Crippen LogP) is 1.19. The number of nitrogens with zero attached hydrogens (tertiary/aromatic N) is 2. The average Bonchev–Trinajstić information content (AvgIpc) is 3.37. The van der Waals surface area contributed by atoms with E-state index in [9.17, 15) is 9.59 Å². The van der Waals surface area contributed by atoms with Gasteiger partial charge in [-0.25, -0.2) is 0 Å². The summed E-state index contributed by atoms with van der Waals surface area (Å²) in [6.45, 7) is 3.10. The second-order valence-corrected chi connectivity index (χ2v) is 6.33. The topological polar surface area (TPSA) is 61.9 Å². The van der Waals surface area contributed by atoms with Crippen molar-refractivity contribution in [2.75, 3.05) is 45.7 Å². The molecule has 1 aliphatic carbocycles. The highest BCUT2D eigenvalue weighted by atomic mass is 16.5. The van der Waals surface area contributed by atoms with Gasteiger partial charge in [-0.15, -0.1) is 0 Å². The number of anilines is 1. The molecule has 124 valence electrons. The number of hydrogen-bond donors (Lipinski definition) is 1. The van der Waals surface area contributed by atoms with Crippen molar-refractivity contribution in [2.45, 2.75) is 12.8 Å². The van der Waals surface area contributed by atoms with E-state index in [1.807, 2.05) is 24.1 Å². The van der Waals surface area contributed by atoms with Crippen molar-refractivity contribution in [1.82, 2.24) is 9.80 Å². The molecular weight excluding hydrogens is 294 g/mol. The van der Waals surface area contributed by atoms with Gasteiger partial charge in [-0.3, -0.25) is 9.59 Å². The van der Waals surface area contributed by atoms with Gasteiger partial charge in [0.25, 0.3) is 0 Å². The van der Waals surface area contributed by atoms with Crippen LogP contribution in [0.2, 0.25) is 0 Å². The third-order valence-electron chi connectivity index (χ3n) is 4.74. The molecule has 2 aliphatic rings. The fourth-order valence-corrected chi connectivity index (χ4v) is 2.97. The number of amides is 2. The van der Waals surface area contributed by atoms with Crippen LogP contribution in [0.3, 0.4) is 0 Å². The standard InChI is InChI=1S/C17H23N3O3/c1-19-9-11-20(12-10-19)16(22)17(7-8-17)15(21)18-13-5-3-4-6-14(13)23-2/h3-6H,7-12H2,1-2H3,(H,18,21). The molecule has 1 saturated carbocycles. The minimum atomic E-state index is -0.878. The molecule has 2 amide bonds. The van der Waals surface area contributed by atoms with Crippen molar-refractivity contribution in [1.29, 1.82) is 0 Å². The third-order valence-corrected chi connectivity index (χ3v) is 4.74. The Morgan fingerprint density at radius 1 is 1.13 bits per heavy atom. The lowest BCUT2D eigenvalue weighted by Gasteiger charge is -2.34. The minimum absolute atomic E-state index is 0.0296. The van der Waals surface area contributed by atoms with Crippen LogP contribution in [0, 0.1) is 5.41 Å². The lowest BCUT2D eigenvalue weighted by Crippen LogP contribution is -2.51. The monoisotopic (exact) mass is 317 g/mol. The average molecular weight is 317 g/mol. The number of likely N-dealkylation sites (N-methyl/N-ethyl adjacent to an activating group) is 1. The Labute approximate surface area is 136 Å². The second-order valence-electron chi connectivity index (χ2n) is 6.33. The first-order valence-corrected chi connectivity index (χ1v) is 7.99. The number of para-hydroxylation sites is 2. The van der Waals surface area contributed by atoms with Gasteiger partial charge in [0.05, 0.1) is 12.8 Å². The molecule has 1 aromatic carbocycles. The molecule has 0 atom stereocenters. The van der Waals surface area contributed by atoms with Crippen molar-refractivity contribution in [3.8, 4) is 5.75 Å². The molecule has 23 heavy (non-hydrogen) atoms. The molecule has 1 heterocycles. The van der Waals surface area contributed by atoms with E-state index in [-0.39, 0.29) is 11.8 Å². The quantitative estimate of drug-likeness (QED) is 0.847. The Morgan fingerprint density at radius 3 is 2.39 bits per heavy atom. The molecule has 0 unspecified atom stereocenters. The molecule has 6 nitrogen and oxygen atoms in total. The number of hydrogen-bond acceptors (Lipinski definition) is 4. The van der Waals surface area contributed by atoms with E-state index in [4.69, 9.17) is 4.74 Å². The maximum atomic E-state index is 12.8. The summed E-state index contributed by atoms with van der Waals surface area (Å²) in [5.41, 5.74) is -0.269. The summed E-state index contributed by atoms with van der Waals surface area (Å²) >= 11 is 0. The summed E-state index contributed by atoms with van der Waals surface area (Å²) in [5, 5.41) is 2.87. The van der Waals surface area contributed by atoms with E-state index in [0.717, 1.165) is 13.1 Å². The predicted molar refractivity (Wildman–Crippen MR) is 87.4 cm³/mol. The van der Waals surface area contributed by atoms with E-state index in [0.29, 0.717) is 37.4 Å². The number of benzene rings is 1. The number of ether oxygens (including phenoxy) is 1. The van der Waals surface area contributed by atoms with Crippen LogP contribution >= 0.6 is 0 Å². The maximum Gasteiger partial charge on any atom is 0.240 e. The van der Waals surface area contributed by atoms with Gasteiger partial charge in [-0.1, -0.05) is 12.1 Å². The van der Waals surface area contributed by atoms with Crippen molar-refractivity contribution >= 4 is 17.5 Å². The summed E-state index contributed by atoms with van der Waals surface area (Å²) in [6, 6.07) is 7.25. The van der Waals surface area contributed by atoms with E-state index >= 15 is 0 Å².